The van der Waals surface area contributed by atoms with Gasteiger partial charge in [-0.15, -0.1) is 11.3 Å². The summed E-state index contributed by atoms with van der Waals surface area (Å²) in [5.41, 5.74) is 1.44. The zero-order valence-electron chi connectivity index (χ0n) is 13.7. The summed E-state index contributed by atoms with van der Waals surface area (Å²) >= 11 is 1.57. The summed E-state index contributed by atoms with van der Waals surface area (Å²) in [6.07, 6.45) is 0. The average Bonchev–Trinajstić information content (AvgIpc) is 2.91. The number of benzene rings is 1. The van der Waals surface area contributed by atoms with Gasteiger partial charge in [0, 0.05) is 17.6 Å². The Morgan fingerprint density at radius 1 is 1.38 bits per heavy atom. The fourth-order valence-corrected chi connectivity index (χ4v) is 3.17. The smallest absolute Gasteiger partial charge is 0.241 e. The number of aryl methyl sites for hydroxylation is 1. The van der Waals surface area contributed by atoms with Crippen molar-refractivity contribution in [1.82, 2.24) is 9.88 Å². The van der Waals surface area contributed by atoms with Gasteiger partial charge in [0.1, 0.15) is 0 Å². The summed E-state index contributed by atoms with van der Waals surface area (Å²) in [6, 6.07) is 5.36. The van der Waals surface area contributed by atoms with Crippen LogP contribution in [0.3, 0.4) is 0 Å². The highest BCUT2D eigenvalue weighted by atomic mass is 32.2. The molecule has 0 aliphatic rings. The molecule has 0 saturated carbocycles. The molecule has 0 bridgehead atoms. The topological polar surface area (TPSA) is 105 Å². The van der Waals surface area contributed by atoms with E-state index in [1.165, 1.54) is 24.3 Å². The summed E-state index contributed by atoms with van der Waals surface area (Å²) in [4.78, 5) is 18.6. The normalized spacial score (nSPS) is 13.0. The number of nitrogens with one attached hydrogen (secondary N) is 1. The molecule has 0 saturated heterocycles. The van der Waals surface area contributed by atoms with Gasteiger partial charge in [-0.3, -0.25) is 9.69 Å². The summed E-state index contributed by atoms with van der Waals surface area (Å²) in [7, 11) is -1.89. The number of hydrogen-bond donors (Lipinski definition) is 2. The van der Waals surface area contributed by atoms with E-state index in [1.54, 1.807) is 18.3 Å². The van der Waals surface area contributed by atoms with E-state index in [0.29, 0.717) is 12.2 Å². The molecular formula is C15H20N4O3S2. The Balaban J connectivity index is 1.98. The number of amides is 1. The van der Waals surface area contributed by atoms with Crippen molar-refractivity contribution >= 4 is 33.0 Å². The first-order valence-electron chi connectivity index (χ1n) is 7.22. The van der Waals surface area contributed by atoms with Crippen LogP contribution < -0.4 is 10.5 Å². The molecule has 0 radical (unpaired) electrons. The van der Waals surface area contributed by atoms with Gasteiger partial charge in [0.15, 0.2) is 0 Å². The standard InChI is InChI=1S/C15H20N4O3S2/c1-10(19(3)8-13-9-23-11(2)17-13)15(20)18-12-4-6-14(7-5-12)24(16,21)22/h4-7,9-10H,8H2,1-3H3,(H,18,20)(H2,16,21,22). The van der Waals surface area contributed by atoms with Crippen molar-refractivity contribution < 1.29 is 13.2 Å². The molecule has 130 valence electrons. The van der Waals surface area contributed by atoms with Crippen LogP contribution >= 0.6 is 11.3 Å². The minimum Gasteiger partial charge on any atom is -0.325 e. The first-order valence-corrected chi connectivity index (χ1v) is 9.64. The van der Waals surface area contributed by atoms with Gasteiger partial charge in [-0.05, 0) is 45.2 Å². The van der Waals surface area contributed by atoms with Crippen molar-refractivity contribution in [2.24, 2.45) is 5.14 Å². The number of likely N-dealkylation sites (N-methyl/N-ethyl adjacent to an activating group) is 1. The molecule has 1 amide bonds. The van der Waals surface area contributed by atoms with E-state index in [-0.39, 0.29) is 16.8 Å². The Morgan fingerprint density at radius 2 is 2.00 bits per heavy atom. The van der Waals surface area contributed by atoms with Gasteiger partial charge in [0.25, 0.3) is 0 Å². The predicted molar refractivity (Wildman–Crippen MR) is 94.2 cm³/mol. The van der Waals surface area contributed by atoms with Crippen LogP contribution in [0.1, 0.15) is 17.6 Å². The second-order valence-corrected chi connectivity index (χ2v) is 8.13. The van der Waals surface area contributed by atoms with Crippen LogP contribution in [0.2, 0.25) is 0 Å². The molecule has 2 aromatic rings. The molecular weight excluding hydrogens is 348 g/mol. The van der Waals surface area contributed by atoms with Gasteiger partial charge >= 0.3 is 0 Å². The van der Waals surface area contributed by atoms with Gasteiger partial charge < -0.3 is 5.32 Å². The molecule has 0 aliphatic carbocycles. The van der Waals surface area contributed by atoms with Crippen LogP contribution in [-0.2, 0) is 21.4 Å². The molecule has 2 rings (SSSR count). The Hall–Kier alpha value is -1.81. The van der Waals surface area contributed by atoms with Crippen LogP contribution in [0.15, 0.2) is 34.5 Å². The number of carbonyl (C=O) groups excluding carboxylic acids is 1. The maximum Gasteiger partial charge on any atom is 0.241 e. The summed E-state index contributed by atoms with van der Waals surface area (Å²) in [6.45, 7) is 4.31. The van der Waals surface area contributed by atoms with Crippen LogP contribution in [0.5, 0.6) is 0 Å². The Morgan fingerprint density at radius 3 is 2.50 bits per heavy atom. The molecule has 7 nitrogen and oxygen atoms in total. The summed E-state index contributed by atoms with van der Waals surface area (Å²) < 4.78 is 22.4. The largest absolute Gasteiger partial charge is 0.325 e. The van der Waals surface area contributed by atoms with Gasteiger partial charge in [-0.25, -0.2) is 18.5 Å². The summed E-state index contributed by atoms with van der Waals surface area (Å²) in [5, 5.41) is 10.8. The molecule has 24 heavy (non-hydrogen) atoms. The first kappa shape index (κ1) is 18.5. The molecule has 1 aromatic carbocycles. The third kappa shape index (κ3) is 4.84. The van der Waals surface area contributed by atoms with Crippen LogP contribution in [0.25, 0.3) is 0 Å². The summed E-state index contributed by atoms with van der Waals surface area (Å²) in [5.74, 6) is -0.187. The molecule has 1 unspecified atom stereocenters. The molecule has 0 spiro atoms. The fourth-order valence-electron chi connectivity index (χ4n) is 2.05. The lowest BCUT2D eigenvalue weighted by atomic mass is 10.2. The molecule has 1 heterocycles. The number of sulfonamides is 1. The number of aromatic nitrogens is 1. The molecule has 1 aromatic heterocycles. The van der Waals surface area contributed by atoms with E-state index in [9.17, 15) is 13.2 Å². The lowest BCUT2D eigenvalue weighted by Crippen LogP contribution is -2.39. The van der Waals surface area contributed by atoms with E-state index in [4.69, 9.17) is 5.14 Å². The first-order chi connectivity index (χ1) is 11.2. The van der Waals surface area contributed by atoms with Crippen LogP contribution in [0, 0.1) is 6.92 Å². The third-order valence-electron chi connectivity index (χ3n) is 3.57. The van der Waals surface area contributed by atoms with E-state index < -0.39 is 10.0 Å². The number of rotatable bonds is 6. The van der Waals surface area contributed by atoms with Crippen molar-refractivity contribution in [3.8, 4) is 0 Å². The highest BCUT2D eigenvalue weighted by Gasteiger charge is 2.19. The Labute approximate surface area is 145 Å². The van der Waals surface area contributed by atoms with Gasteiger partial charge in [0.05, 0.1) is 21.6 Å². The van der Waals surface area contributed by atoms with Crippen LogP contribution in [-0.4, -0.2) is 37.3 Å². The van der Waals surface area contributed by atoms with Gasteiger partial charge in [-0.1, -0.05) is 0 Å². The van der Waals surface area contributed by atoms with Gasteiger partial charge in [0.2, 0.25) is 15.9 Å². The number of nitrogens with two attached hydrogens (primary N) is 1. The Kier molecular flexibility index (Phi) is 5.70. The van der Waals surface area contributed by atoms with Crippen LogP contribution in [0.4, 0.5) is 5.69 Å². The molecule has 1 atom stereocenters. The minimum absolute atomic E-state index is 0.00423. The maximum atomic E-state index is 12.3. The second-order valence-electron chi connectivity index (χ2n) is 5.51. The van der Waals surface area contributed by atoms with E-state index in [1.807, 2.05) is 24.3 Å². The zero-order valence-corrected chi connectivity index (χ0v) is 15.3. The van der Waals surface area contributed by atoms with Crippen molar-refractivity contribution in [1.29, 1.82) is 0 Å². The number of nitrogens with zero attached hydrogens (tertiary/aromatic N) is 2. The molecule has 3 N–H and O–H groups in total. The quantitative estimate of drug-likeness (QED) is 0.805. The fraction of sp³-hybridized carbons (Fsp3) is 0.333. The molecule has 0 aliphatic heterocycles. The van der Waals surface area contributed by atoms with Crippen molar-refractivity contribution in [2.75, 3.05) is 12.4 Å². The van der Waals surface area contributed by atoms with Crippen molar-refractivity contribution in [3.05, 3.63) is 40.3 Å². The van der Waals surface area contributed by atoms with E-state index in [2.05, 4.69) is 10.3 Å². The number of thiazole rings is 1. The van der Waals surface area contributed by atoms with Crippen molar-refractivity contribution in [3.63, 3.8) is 0 Å². The number of anilines is 1. The SMILES string of the molecule is Cc1nc(CN(C)C(C)C(=O)Nc2ccc(S(N)(=O)=O)cc2)cs1. The highest BCUT2D eigenvalue weighted by molar-refractivity contribution is 7.89. The number of carbonyl (C=O) groups is 1. The lowest BCUT2D eigenvalue weighted by molar-refractivity contribution is -0.120. The second kappa shape index (κ2) is 7.39. The predicted octanol–water partition coefficient (Wildman–Crippen LogP) is 1.56. The van der Waals surface area contributed by atoms with Gasteiger partial charge in [-0.2, -0.15) is 0 Å². The maximum absolute atomic E-state index is 12.3. The molecule has 0 fully saturated rings. The van der Waals surface area contributed by atoms with E-state index in [0.717, 1.165) is 10.7 Å². The number of hydrogen-bond acceptors (Lipinski definition) is 6. The monoisotopic (exact) mass is 368 g/mol. The van der Waals surface area contributed by atoms with E-state index >= 15 is 0 Å². The highest BCUT2D eigenvalue weighted by Crippen LogP contribution is 2.15. The minimum atomic E-state index is -3.74. The average molecular weight is 368 g/mol. The lowest BCUT2D eigenvalue weighted by Gasteiger charge is -2.23. The molecule has 9 heteroatoms. The number of primary sulfonamides is 1. The zero-order chi connectivity index (χ0) is 17.9. The third-order valence-corrected chi connectivity index (χ3v) is 5.32. The van der Waals surface area contributed by atoms with Crippen molar-refractivity contribution in [2.45, 2.75) is 31.3 Å². The Bertz CT molecular complexity index is 815.